The van der Waals surface area contributed by atoms with Gasteiger partial charge in [0.15, 0.2) is 0 Å². The van der Waals surface area contributed by atoms with Crippen LogP contribution in [0, 0.1) is 5.92 Å². The van der Waals surface area contributed by atoms with E-state index in [-0.39, 0.29) is 30.0 Å². The highest BCUT2D eigenvalue weighted by atomic mass is 32.2. The second kappa shape index (κ2) is 11.9. The molecule has 5 nitrogen and oxygen atoms in total. The summed E-state index contributed by atoms with van der Waals surface area (Å²) in [5.41, 5.74) is 3.76. The van der Waals surface area contributed by atoms with Crippen molar-refractivity contribution in [2.24, 2.45) is 5.92 Å². The third-order valence-electron chi connectivity index (χ3n) is 8.34. The van der Waals surface area contributed by atoms with Crippen LogP contribution < -0.4 is 10.1 Å². The summed E-state index contributed by atoms with van der Waals surface area (Å²) in [4.78, 5) is 18.9. The van der Waals surface area contributed by atoms with Crippen molar-refractivity contribution in [1.82, 2.24) is 15.1 Å². The van der Waals surface area contributed by atoms with Gasteiger partial charge in [-0.05, 0) is 60.9 Å². The van der Waals surface area contributed by atoms with E-state index in [4.69, 9.17) is 4.74 Å². The number of piperidine rings is 3. The number of ether oxygens (including phenoxy) is 1. The first-order valence-corrected chi connectivity index (χ1v) is 14.8. The molecule has 2 bridgehead atoms. The number of benzene rings is 3. The Morgan fingerprint density at radius 2 is 1.71 bits per heavy atom. The SMILES string of the molecule is COc1ccc(SC)cc1CN[C@@H]1[C@@H]2CCN([C@@H](C(=O)N(C)C)C2)[C@@H]1C(c1ccccc1)c1ccccc1. The number of amides is 1. The van der Waals surface area contributed by atoms with Crippen LogP contribution in [-0.2, 0) is 11.3 Å². The molecule has 0 spiro atoms. The van der Waals surface area contributed by atoms with Crippen LogP contribution in [0.25, 0.3) is 0 Å². The largest absolute Gasteiger partial charge is 0.496 e. The molecular formula is C32H39N3O2S. The van der Waals surface area contributed by atoms with E-state index in [1.807, 2.05) is 14.1 Å². The Morgan fingerprint density at radius 1 is 1.05 bits per heavy atom. The molecule has 3 aliphatic rings. The van der Waals surface area contributed by atoms with Gasteiger partial charge >= 0.3 is 0 Å². The lowest BCUT2D eigenvalue weighted by Crippen LogP contribution is -2.69. The summed E-state index contributed by atoms with van der Waals surface area (Å²) in [6.07, 6.45) is 4.10. The average Bonchev–Trinajstić information content (AvgIpc) is 2.97. The fraction of sp³-hybridized carbons (Fsp3) is 0.406. The number of hydrogen-bond acceptors (Lipinski definition) is 5. The third-order valence-corrected chi connectivity index (χ3v) is 9.07. The molecule has 0 saturated carbocycles. The maximum atomic E-state index is 13.4. The Kier molecular flexibility index (Phi) is 8.42. The molecule has 3 saturated heterocycles. The maximum absolute atomic E-state index is 13.4. The highest BCUT2D eigenvalue weighted by molar-refractivity contribution is 7.98. The van der Waals surface area contributed by atoms with Crippen LogP contribution >= 0.6 is 11.8 Å². The molecule has 3 aromatic carbocycles. The van der Waals surface area contributed by atoms with Crippen molar-refractivity contribution in [3.63, 3.8) is 0 Å². The van der Waals surface area contributed by atoms with Gasteiger partial charge in [-0.1, -0.05) is 60.7 Å². The smallest absolute Gasteiger partial charge is 0.239 e. The van der Waals surface area contributed by atoms with E-state index in [0.717, 1.165) is 31.7 Å². The first-order valence-electron chi connectivity index (χ1n) is 13.5. The number of likely N-dealkylation sites (N-methyl/N-ethyl adjacent to an activating group) is 1. The molecule has 3 fully saturated rings. The van der Waals surface area contributed by atoms with Gasteiger partial charge in [0.1, 0.15) is 5.75 Å². The van der Waals surface area contributed by atoms with Crippen LogP contribution in [0.3, 0.4) is 0 Å². The lowest BCUT2D eigenvalue weighted by Gasteiger charge is -2.57. The summed E-state index contributed by atoms with van der Waals surface area (Å²) in [6.45, 7) is 1.67. The second-order valence-electron chi connectivity index (χ2n) is 10.6. The van der Waals surface area contributed by atoms with Crippen molar-refractivity contribution in [2.45, 2.75) is 48.3 Å². The lowest BCUT2D eigenvalue weighted by molar-refractivity contribution is -0.143. The molecule has 6 heteroatoms. The molecule has 3 aliphatic heterocycles. The van der Waals surface area contributed by atoms with Crippen molar-refractivity contribution in [3.8, 4) is 5.75 Å². The van der Waals surface area contributed by atoms with Crippen molar-refractivity contribution in [2.75, 3.05) is 34.0 Å². The summed E-state index contributed by atoms with van der Waals surface area (Å²) < 4.78 is 5.72. The molecule has 3 heterocycles. The van der Waals surface area contributed by atoms with Gasteiger partial charge < -0.3 is 15.0 Å². The van der Waals surface area contributed by atoms with E-state index < -0.39 is 0 Å². The zero-order valence-electron chi connectivity index (χ0n) is 22.8. The summed E-state index contributed by atoms with van der Waals surface area (Å²) in [5.74, 6) is 1.70. The molecule has 38 heavy (non-hydrogen) atoms. The number of nitrogens with zero attached hydrogens (tertiary/aromatic N) is 2. The van der Waals surface area contributed by atoms with Gasteiger partial charge in [0.05, 0.1) is 13.2 Å². The predicted octanol–water partition coefficient (Wildman–Crippen LogP) is 5.26. The molecule has 5 atom stereocenters. The zero-order valence-corrected chi connectivity index (χ0v) is 23.7. The van der Waals surface area contributed by atoms with Crippen molar-refractivity contribution in [3.05, 3.63) is 95.6 Å². The minimum Gasteiger partial charge on any atom is -0.496 e. The van der Waals surface area contributed by atoms with Gasteiger partial charge in [0.2, 0.25) is 5.91 Å². The van der Waals surface area contributed by atoms with Crippen LogP contribution in [0.15, 0.2) is 83.8 Å². The van der Waals surface area contributed by atoms with E-state index >= 15 is 0 Å². The minimum atomic E-state index is -0.0870. The maximum Gasteiger partial charge on any atom is 0.239 e. The van der Waals surface area contributed by atoms with Gasteiger partial charge in [0, 0.05) is 49.1 Å². The molecule has 1 unspecified atom stereocenters. The fourth-order valence-corrected chi connectivity index (χ4v) is 7.03. The Labute approximate surface area is 231 Å². The molecule has 200 valence electrons. The number of fused-ring (bicyclic) bond motifs is 3. The predicted molar refractivity (Wildman–Crippen MR) is 156 cm³/mol. The van der Waals surface area contributed by atoms with Gasteiger partial charge in [-0.3, -0.25) is 9.69 Å². The van der Waals surface area contributed by atoms with Crippen molar-refractivity contribution < 1.29 is 9.53 Å². The molecule has 6 rings (SSSR count). The molecule has 1 N–H and O–H groups in total. The Balaban J connectivity index is 1.55. The summed E-state index contributed by atoms with van der Waals surface area (Å²) in [7, 11) is 5.51. The Bertz CT molecular complexity index is 1180. The number of rotatable bonds is 9. The second-order valence-corrected chi connectivity index (χ2v) is 11.5. The average molecular weight is 530 g/mol. The summed E-state index contributed by atoms with van der Waals surface area (Å²) in [6, 6.07) is 28.4. The fourth-order valence-electron chi connectivity index (χ4n) is 6.56. The molecule has 3 aromatic rings. The van der Waals surface area contributed by atoms with Crippen LogP contribution in [0.5, 0.6) is 5.75 Å². The number of nitrogens with one attached hydrogen (secondary N) is 1. The standard InChI is InChI=1S/C32H39N3O2S/c1-34(2)32(36)27-20-24-17-18-35(27)31(29(22-11-7-5-8-12-22)23-13-9-6-10-14-23)30(24)33-21-25-19-26(38-4)15-16-28(25)37-3/h5-16,19,24,27,29-31,33H,17-18,20-21H2,1-4H3/t24-,27-,30-,31-/m1/s1. The van der Waals surface area contributed by atoms with E-state index in [1.54, 1.807) is 23.8 Å². The summed E-state index contributed by atoms with van der Waals surface area (Å²) in [5, 5.41) is 4.00. The van der Waals surface area contributed by atoms with Gasteiger partial charge in [-0.2, -0.15) is 0 Å². The van der Waals surface area contributed by atoms with E-state index in [1.165, 1.54) is 21.6 Å². The van der Waals surface area contributed by atoms with Crippen molar-refractivity contribution >= 4 is 17.7 Å². The molecule has 0 aliphatic carbocycles. The van der Waals surface area contributed by atoms with Crippen LogP contribution in [0.1, 0.15) is 35.4 Å². The van der Waals surface area contributed by atoms with E-state index in [2.05, 4.69) is 95.3 Å². The van der Waals surface area contributed by atoms with Crippen molar-refractivity contribution in [1.29, 1.82) is 0 Å². The quantitative estimate of drug-likeness (QED) is 0.383. The minimum absolute atomic E-state index is 0.0870. The topological polar surface area (TPSA) is 44.8 Å². The monoisotopic (exact) mass is 529 g/mol. The van der Waals surface area contributed by atoms with Crippen LogP contribution in [0.4, 0.5) is 0 Å². The van der Waals surface area contributed by atoms with Crippen LogP contribution in [-0.4, -0.2) is 67.8 Å². The van der Waals surface area contributed by atoms with Gasteiger partial charge in [-0.15, -0.1) is 11.8 Å². The molecule has 0 radical (unpaired) electrons. The Morgan fingerprint density at radius 3 is 2.29 bits per heavy atom. The number of carbonyl (C=O) groups is 1. The van der Waals surface area contributed by atoms with Gasteiger partial charge in [-0.25, -0.2) is 0 Å². The normalized spacial score (nSPS) is 24.4. The third kappa shape index (κ3) is 5.35. The Hall–Kier alpha value is -2.80. The highest BCUT2D eigenvalue weighted by Gasteiger charge is 2.52. The molecular weight excluding hydrogens is 490 g/mol. The number of methoxy groups -OCH3 is 1. The summed E-state index contributed by atoms with van der Waals surface area (Å²) >= 11 is 1.75. The van der Waals surface area contributed by atoms with Gasteiger partial charge in [0.25, 0.3) is 0 Å². The number of carbonyl (C=O) groups excluding carboxylic acids is 1. The molecule has 1 amide bonds. The molecule has 0 aromatic heterocycles. The zero-order chi connectivity index (χ0) is 26.6. The lowest BCUT2D eigenvalue weighted by atomic mass is 9.68. The number of thioether (sulfide) groups is 1. The van der Waals surface area contributed by atoms with Crippen LogP contribution in [0.2, 0.25) is 0 Å². The number of hydrogen-bond donors (Lipinski definition) is 1. The first kappa shape index (κ1) is 26.8. The van der Waals surface area contributed by atoms with E-state index in [9.17, 15) is 4.79 Å². The highest BCUT2D eigenvalue weighted by Crippen LogP contribution is 2.45. The first-order chi connectivity index (χ1) is 18.5. The van der Waals surface area contributed by atoms with E-state index in [0.29, 0.717) is 5.92 Å².